The quantitative estimate of drug-likeness (QED) is 0.836. The number of hydrogen-bond acceptors (Lipinski definition) is 4. The van der Waals surface area contributed by atoms with E-state index in [1.165, 1.54) is 0 Å². The van der Waals surface area contributed by atoms with Crippen LogP contribution in [0.15, 0.2) is 12.1 Å². The Labute approximate surface area is 102 Å². The van der Waals surface area contributed by atoms with E-state index in [2.05, 4.69) is 17.2 Å². The first kappa shape index (κ1) is 12.3. The molecule has 2 atom stereocenters. The first-order chi connectivity index (χ1) is 8.16. The first-order valence-corrected chi connectivity index (χ1v) is 6.17. The van der Waals surface area contributed by atoms with Gasteiger partial charge in [0.25, 0.3) is 0 Å². The van der Waals surface area contributed by atoms with Gasteiger partial charge in [-0.15, -0.1) is 0 Å². The van der Waals surface area contributed by atoms with Gasteiger partial charge >= 0.3 is 0 Å². The summed E-state index contributed by atoms with van der Waals surface area (Å²) >= 11 is 0. The Morgan fingerprint density at radius 1 is 1.59 bits per heavy atom. The topological polar surface area (TPSA) is 54.4 Å². The van der Waals surface area contributed by atoms with Gasteiger partial charge in [-0.05, 0) is 38.8 Å². The van der Waals surface area contributed by atoms with Gasteiger partial charge in [-0.3, -0.25) is 4.98 Å². The Kier molecular flexibility index (Phi) is 3.97. The highest BCUT2D eigenvalue weighted by Gasteiger charge is 2.22. The van der Waals surface area contributed by atoms with Gasteiger partial charge in [0.1, 0.15) is 5.75 Å². The molecule has 0 unspecified atom stereocenters. The summed E-state index contributed by atoms with van der Waals surface area (Å²) in [6.45, 7) is 5.48. The Balaban J connectivity index is 1.90. The minimum Gasteiger partial charge on any atom is -0.506 e. The molecule has 94 valence electrons. The Morgan fingerprint density at radius 3 is 3.12 bits per heavy atom. The van der Waals surface area contributed by atoms with Crippen LogP contribution < -0.4 is 5.32 Å². The minimum absolute atomic E-state index is 0.252. The van der Waals surface area contributed by atoms with Gasteiger partial charge in [0.05, 0.1) is 11.8 Å². The Bertz CT molecular complexity index is 376. The number of nitrogens with one attached hydrogen (secondary N) is 1. The van der Waals surface area contributed by atoms with Crippen molar-refractivity contribution in [3.05, 3.63) is 23.5 Å². The van der Waals surface area contributed by atoms with E-state index in [4.69, 9.17) is 4.74 Å². The van der Waals surface area contributed by atoms with Crippen molar-refractivity contribution in [1.29, 1.82) is 0 Å². The van der Waals surface area contributed by atoms with Crippen molar-refractivity contribution >= 4 is 0 Å². The van der Waals surface area contributed by atoms with Gasteiger partial charge in [-0.1, -0.05) is 0 Å². The Hall–Kier alpha value is -1.13. The second kappa shape index (κ2) is 5.47. The van der Waals surface area contributed by atoms with Gasteiger partial charge < -0.3 is 15.2 Å². The molecule has 4 heteroatoms. The number of aromatic nitrogens is 1. The molecule has 1 aliphatic heterocycles. The van der Waals surface area contributed by atoms with Gasteiger partial charge in [0.15, 0.2) is 0 Å². The molecule has 0 aliphatic carbocycles. The van der Waals surface area contributed by atoms with Crippen molar-refractivity contribution in [2.24, 2.45) is 0 Å². The number of nitrogens with zero attached hydrogens (tertiary/aromatic N) is 1. The molecular weight excluding hydrogens is 216 g/mol. The third-order valence-electron chi connectivity index (χ3n) is 3.20. The lowest BCUT2D eigenvalue weighted by atomic mass is 10.1. The van der Waals surface area contributed by atoms with E-state index in [0.717, 1.165) is 25.1 Å². The molecule has 4 nitrogen and oxygen atoms in total. The van der Waals surface area contributed by atoms with Crippen molar-refractivity contribution < 1.29 is 9.84 Å². The van der Waals surface area contributed by atoms with Crippen LogP contribution in [0.2, 0.25) is 0 Å². The van der Waals surface area contributed by atoms with E-state index in [1.54, 1.807) is 6.07 Å². The molecule has 1 saturated heterocycles. The molecule has 0 radical (unpaired) electrons. The molecule has 0 spiro atoms. The predicted octanol–water partition coefficient (Wildman–Crippen LogP) is 1.75. The molecular formula is C13H20N2O2. The fraction of sp³-hybridized carbons (Fsp3) is 0.615. The highest BCUT2D eigenvalue weighted by Crippen LogP contribution is 2.17. The smallest absolute Gasteiger partial charge is 0.138 e. The number of hydrogen-bond donors (Lipinski definition) is 2. The zero-order valence-corrected chi connectivity index (χ0v) is 10.4. The summed E-state index contributed by atoms with van der Waals surface area (Å²) < 4.78 is 5.61. The van der Waals surface area contributed by atoms with Crippen LogP contribution in [0, 0.1) is 6.92 Å². The highest BCUT2D eigenvalue weighted by atomic mass is 16.5. The van der Waals surface area contributed by atoms with Crippen molar-refractivity contribution in [2.75, 3.05) is 6.61 Å². The van der Waals surface area contributed by atoms with Gasteiger partial charge in [0.2, 0.25) is 0 Å². The van der Waals surface area contributed by atoms with Gasteiger partial charge in [-0.2, -0.15) is 0 Å². The van der Waals surface area contributed by atoms with E-state index in [-0.39, 0.29) is 5.75 Å². The monoisotopic (exact) mass is 236 g/mol. The predicted molar refractivity (Wildman–Crippen MR) is 65.9 cm³/mol. The SMILES string of the molecule is Cc1ccc(O)c(CN[C@@H](C)[C@H]2CCCO2)n1. The summed E-state index contributed by atoms with van der Waals surface area (Å²) in [6, 6.07) is 3.79. The minimum atomic E-state index is 0.252. The molecule has 17 heavy (non-hydrogen) atoms. The van der Waals surface area contributed by atoms with E-state index < -0.39 is 0 Å². The van der Waals surface area contributed by atoms with E-state index in [1.807, 2.05) is 13.0 Å². The van der Waals surface area contributed by atoms with Gasteiger partial charge in [-0.25, -0.2) is 0 Å². The molecule has 1 fully saturated rings. The largest absolute Gasteiger partial charge is 0.506 e. The lowest BCUT2D eigenvalue weighted by Crippen LogP contribution is -2.36. The lowest BCUT2D eigenvalue weighted by Gasteiger charge is -2.20. The molecule has 0 bridgehead atoms. The zero-order valence-electron chi connectivity index (χ0n) is 10.4. The molecule has 2 heterocycles. The highest BCUT2D eigenvalue weighted by molar-refractivity contribution is 5.27. The van der Waals surface area contributed by atoms with Crippen LogP contribution in [0.3, 0.4) is 0 Å². The molecule has 1 aliphatic rings. The van der Waals surface area contributed by atoms with Gasteiger partial charge in [0, 0.05) is 24.9 Å². The van der Waals surface area contributed by atoms with Crippen LogP contribution in [0.5, 0.6) is 5.75 Å². The van der Waals surface area contributed by atoms with Crippen molar-refractivity contribution in [3.8, 4) is 5.75 Å². The molecule has 2 rings (SSSR count). The summed E-state index contributed by atoms with van der Waals surface area (Å²) in [5.74, 6) is 0.252. The summed E-state index contributed by atoms with van der Waals surface area (Å²) in [4.78, 5) is 4.32. The lowest BCUT2D eigenvalue weighted by molar-refractivity contribution is 0.0830. The van der Waals surface area contributed by atoms with Crippen LogP contribution >= 0.6 is 0 Å². The van der Waals surface area contributed by atoms with Crippen LogP contribution in [0.4, 0.5) is 0 Å². The molecule has 0 amide bonds. The normalized spacial score (nSPS) is 21.6. The number of rotatable bonds is 4. The van der Waals surface area contributed by atoms with Crippen LogP contribution in [-0.2, 0) is 11.3 Å². The maximum Gasteiger partial charge on any atom is 0.138 e. The second-order valence-corrected chi connectivity index (χ2v) is 4.64. The number of aryl methyl sites for hydroxylation is 1. The second-order valence-electron chi connectivity index (χ2n) is 4.64. The fourth-order valence-corrected chi connectivity index (χ4v) is 2.12. The number of ether oxygens (including phenoxy) is 1. The number of pyridine rings is 1. The van der Waals surface area contributed by atoms with E-state index in [0.29, 0.717) is 24.4 Å². The molecule has 1 aromatic heterocycles. The summed E-state index contributed by atoms with van der Waals surface area (Å²) in [7, 11) is 0. The van der Waals surface area contributed by atoms with Crippen molar-refractivity contribution in [3.63, 3.8) is 0 Å². The van der Waals surface area contributed by atoms with E-state index >= 15 is 0 Å². The average molecular weight is 236 g/mol. The zero-order chi connectivity index (χ0) is 12.3. The molecule has 2 N–H and O–H groups in total. The third kappa shape index (κ3) is 3.17. The summed E-state index contributed by atoms with van der Waals surface area (Å²) in [5, 5.41) is 13.0. The fourth-order valence-electron chi connectivity index (χ4n) is 2.12. The Morgan fingerprint density at radius 2 is 2.41 bits per heavy atom. The van der Waals surface area contributed by atoms with Crippen LogP contribution in [0.1, 0.15) is 31.2 Å². The van der Waals surface area contributed by atoms with Crippen molar-refractivity contribution in [2.45, 2.75) is 45.4 Å². The average Bonchev–Trinajstić information content (AvgIpc) is 2.83. The maximum absolute atomic E-state index is 9.68. The van der Waals surface area contributed by atoms with Crippen LogP contribution in [-0.4, -0.2) is 28.8 Å². The molecule has 1 aromatic rings. The number of aromatic hydroxyl groups is 1. The third-order valence-corrected chi connectivity index (χ3v) is 3.20. The summed E-state index contributed by atoms with van der Waals surface area (Å²) in [5.41, 5.74) is 1.62. The van der Waals surface area contributed by atoms with Crippen molar-refractivity contribution in [1.82, 2.24) is 10.3 Å². The van der Waals surface area contributed by atoms with Crippen LogP contribution in [0.25, 0.3) is 0 Å². The first-order valence-electron chi connectivity index (χ1n) is 6.17. The standard InChI is InChI=1S/C13H20N2O2/c1-9-5-6-12(16)11(15-9)8-14-10(2)13-4-3-7-17-13/h5-6,10,13-14,16H,3-4,7-8H2,1-2H3/t10-,13+/m0/s1. The van der Waals surface area contributed by atoms with E-state index in [9.17, 15) is 5.11 Å². The molecule has 0 saturated carbocycles. The summed E-state index contributed by atoms with van der Waals surface area (Å²) in [6.07, 6.45) is 2.55. The maximum atomic E-state index is 9.68. The molecule has 0 aromatic carbocycles.